The maximum Gasteiger partial charge on any atom is 0.409 e. The molecule has 0 aromatic heterocycles. The molecule has 1 N–H and O–H groups in total. The molecule has 2 aliphatic heterocycles. The van der Waals surface area contributed by atoms with E-state index in [1.54, 1.807) is 44.2 Å². The van der Waals surface area contributed by atoms with Gasteiger partial charge in [-0.1, -0.05) is 26.0 Å². The molecule has 0 bridgehead atoms. The number of halogens is 2. The third kappa shape index (κ3) is 7.32. The first kappa shape index (κ1) is 32.5. The Hall–Kier alpha value is -3.94. The van der Waals surface area contributed by atoms with Crippen LogP contribution < -0.4 is 14.2 Å². The predicted octanol–water partition coefficient (Wildman–Crippen LogP) is 5.65. The number of hydrogen-bond donors (Lipinski definition) is 1. The van der Waals surface area contributed by atoms with Gasteiger partial charge in [-0.2, -0.15) is 4.31 Å². The molecule has 10 nitrogen and oxygen atoms in total. The number of fused-ring (bicyclic) bond motifs is 1. The molecule has 1 fully saturated rings. The molecule has 13 heteroatoms. The SMILES string of the molecule is CC(C)CN(C[C@H]1OC(C)(C)N(C(=O)O)[C@H]1Cc1ccc(OCc2cc(F)cc(F)c2)cc1)S(=O)(=O)c1ccc2c(c1)OCO2. The van der Waals surface area contributed by atoms with Gasteiger partial charge in [-0.05, 0) is 73.7 Å². The van der Waals surface area contributed by atoms with Crippen LogP contribution in [0.25, 0.3) is 0 Å². The summed E-state index contributed by atoms with van der Waals surface area (Å²) in [6.45, 7) is 7.13. The van der Waals surface area contributed by atoms with Gasteiger partial charge in [0.25, 0.3) is 0 Å². The lowest BCUT2D eigenvalue weighted by molar-refractivity contribution is -0.0690. The first-order chi connectivity index (χ1) is 21.2. The molecule has 2 atom stereocenters. The van der Waals surface area contributed by atoms with Gasteiger partial charge in [0.2, 0.25) is 16.8 Å². The van der Waals surface area contributed by atoms with E-state index in [4.69, 9.17) is 18.9 Å². The number of hydrogen-bond acceptors (Lipinski definition) is 7. The van der Waals surface area contributed by atoms with Crippen molar-refractivity contribution in [3.8, 4) is 17.2 Å². The van der Waals surface area contributed by atoms with Crippen molar-refractivity contribution in [1.29, 1.82) is 0 Å². The number of carboxylic acid groups (broad SMARTS) is 1. The van der Waals surface area contributed by atoms with E-state index < -0.39 is 45.6 Å². The molecule has 5 rings (SSSR count). The van der Waals surface area contributed by atoms with E-state index in [1.165, 1.54) is 33.5 Å². The molecule has 1 amide bonds. The fraction of sp³-hybridized carbons (Fsp3) is 0.406. The van der Waals surface area contributed by atoms with Crippen LogP contribution in [0.3, 0.4) is 0 Å². The van der Waals surface area contributed by atoms with Gasteiger partial charge in [0.1, 0.15) is 29.7 Å². The summed E-state index contributed by atoms with van der Waals surface area (Å²) in [4.78, 5) is 13.7. The van der Waals surface area contributed by atoms with E-state index in [0.29, 0.717) is 22.8 Å². The highest BCUT2D eigenvalue weighted by molar-refractivity contribution is 7.89. The fourth-order valence-electron chi connectivity index (χ4n) is 5.71. The average molecular weight is 647 g/mol. The molecule has 0 unspecified atom stereocenters. The Morgan fingerprint density at radius 3 is 2.33 bits per heavy atom. The molecule has 0 radical (unpaired) electrons. The molecular formula is C32H36F2N2O8S. The lowest BCUT2D eigenvalue weighted by atomic mass is 10.00. The summed E-state index contributed by atoms with van der Waals surface area (Å²) in [5, 5.41) is 10.2. The number of amides is 1. The molecule has 2 heterocycles. The molecule has 0 spiro atoms. The third-order valence-corrected chi connectivity index (χ3v) is 9.44. The van der Waals surface area contributed by atoms with Crippen LogP contribution in [0.2, 0.25) is 0 Å². The predicted molar refractivity (Wildman–Crippen MR) is 160 cm³/mol. The average Bonchev–Trinajstić information content (AvgIpc) is 3.52. The Morgan fingerprint density at radius 2 is 1.69 bits per heavy atom. The normalized spacial score (nSPS) is 19.0. The van der Waals surface area contributed by atoms with Gasteiger partial charge in [-0.3, -0.25) is 4.90 Å². The van der Waals surface area contributed by atoms with Crippen LogP contribution in [0.5, 0.6) is 17.2 Å². The first-order valence-corrected chi connectivity index (χ1v) is 15.9. The standard InChI is InChI=1S/C32H36F2N2O8S/c1-20(2)16-35(45(39,40)26-9-10-28-29(15-26)43-19-42-28)17-30-27(36(31(37)38)32(3,4)44-30)13-21-5-7-25(8-6-21)41-18-22-11-23(33)14-24(34)12-22/h5-12,14-15,20,27,30H,13,16-19H2,1-4H3,(H,37,38)/t27-,30+/m0/s1. The second-order valence-corrected chi connectivity index (χ2v) is 13.9. The van der Waals surface area contributed by atoms with E-state index in [-0.39, 0.29) is 43.7 Å². The van der Waals surface area contributed by atoms with Crippen molar-refractivity contribution < 1.29 is 46.0 Å². The highest BCUT2D eigenvalue weighted by Gasteiger charge is 2.51. The largest absolute Gasteiger partial charge is 0.489 e. The molecular weight excluding hydrogens is 610 g/mol. The van der Waals surface area contributed by atoms with Crippen molar-refractivity contribution in [3.63, 3.8) is 0 Å². The maximum absolute atomic E-state index is 13.9. The van der Waals surface area contributed by atoms with Crippen LogP contribution in [0.1, 0.15) is 38.8 Å². The van der Waals surface area contributed by atoms with Gasteiger partial charge < -0.3 is 24.1 Å². The summed E-state index contributed by atoms with van der Waals surface area (Å²) in [5.41, 5.74) is -0.129. The molecule has 0 saturated carbocycles. The van der Waals surface area contributed by atoms with Gasteiger partial charge in [-0.15, -0.1) is 0 Å². The summed E-state index contributed by atoms with van der Waals surface area (Å²) < 4.78 is 78.9. The van der Waals surface area contributed by atoms with Crippen molar-refractivity contribution in [2.24, 2.45) is 5.92 Å². The molecule has 0 aliphatic carbocycles. The minimum absolute atomic E-state index is 0.00629. The molecule has 3 aromatic rings. The van der Waals surface area contributed by atoms with Gasteiger partial charge in [0, 0.05) is 25.2 Å². The summed E-state index contributed by atoms with van der Waals surface area (Å²) in [5.74, 6) is -0.173. The highest BCUT2D eigenvalue weighted by atomic mass is 32.2. The van der Waals surface area contributed by atoms with Crippen LogP contribution >= 0.6 is 0 Å². The van der Waals surface area contributed by atoms with Gasteiger partial charge >= 0.3 is 6.09 Å². The Bertz CT molecular complexity index is 1630. The third-order valence-electron chi connectivity index (χ3n) is 7.62. The number of benzene rings is 3. The lowest BCUT2D eigenvalue weighted by Crippen LogP contribution is -2.50. The Morgan fingerprint density at radius 1 is 1.02 bits per heavy atom. The quantitative estimate of drug-likeness (QED) is 0.285. The highest BCUT2D eigenvalue weighted by Crippen LogP contribution is 2.37. The van der Waals surface area contributed by atoms with Crippen LogP contribution in [-0.2, 0) is 27.8 Å². The van der Waals surface area contributed by atoms with Crippen LogP contribution in [0.4, 0.5) is 13.6 Å². The van der Waals surface area contributed by atoms with Crippen molar-refractivity contribution in [3.05, 3.63) is 83.4 Å². The second-order valence-electron chi connectivity index (χ2n) is 12.0. The molecule has 45 heavy (non-hydrogen) atoms. The summed E-state index contributed by atoms with van der Waals surface area (Å²) in [6.07, 6.45) is -1.75. The number of sulfonamides is 1. The van der Waals surface area contributed by atoms with E-state index >= 15 is 0 Å². The zero-order valence-electron chi connectivity index (χ0n) is 25.4. The van der Waals surface area contributed by atoms with E-state index in [0.717, 1.165) is 11.6 Å². The molecule has 2 aliphatic rings. The van der Waals surface area contributed by atoms with Gasteiger partial charge in [0.05, 0.1) is 17.0 Å². The van der Waals surface area contributed by atoms with Crippen molar-refractivity contribution in [1.82, 2.24) is 9.21 Å². The topological polar surface area (TPSA) is 115 Å². The smallest absolute Gasteiger partial charge is 0.409 e. The van der Waals surface area contributed by atoms with Crippen LogP contribution in [0, 0.1) is 17.6 Å². The summed E-state index contributed by atoms with van der Waals surface area (Å²) in [6, 6.07) is 13.8. The summed E-state index contributed by atoms with van der Waals surface area (Å²) >= 11 is 0. The van der Waals surface area contributed by atoms with Crippen molar-refractivity contribution >= 4 is 16.1 Å². The number of nitrogens with zero attached hydrogens (tertiary/aromatic N) is 2. The minimum atomic E-state index is -4.03. The Balaban J connectivity index is 1.37. The Kier molecular flexibility index (Phi) is 9.24. The lowest BCUT2D eigenvalue weighted by Gasteiger charge is -2.31. The number of carbonyl (C=O) groups is 1. The van der Waals surface area contributed by atoms with Crippen LogP contribution in [-0.4, -0.2) is 66.6 Å². The van der Waals surface area contributed by atoms with E-state index in [9.17, 15) is 27.1 Å². The van der Waals surface area contributed by atoms with Crippen molar-refractivity contribution in [2.75, 3.05) is 19.9 Å². The molecule has 3 aromatic carbocycles. The fourth-order valence-corrected chi connectivity index (χ4v) is 7.35. The van der Waals surface area contributed by atoms with Gasteiger partial charge in [0.15, 0.2) is 11.5 Å². The monoisotopic (exact) mass is 646 g/mol. The van der Waals surface area contributed by atoms with E-state index in [2.05, 4.69) is 0 Å². The zero-order chi connectivity index (χ0) is 32.5. The second kappa shape index (κ2) is 12.8. The van der Waals surface area contributed by atoms with Crippen molar-refractivity contribution in [2.45, 2.75) is 63.5 Å². The number of ether oxygens (including phenoxy) is 4. The summed E-state index contributed by atoms with van der Waals surface area (Å²) in [7, 11) is -4.03. The maximum atomic E-state index is 13.9. The Labute approximate surface area is 261 Å². The van der Waals surface area contributed by atoms with Gasteiger partial charge in [-0.25, -0.2) is 22.0 Å². The first-order valence-electron chi connectivity index (χ1n) is 14.5. The van der Waals surface area contributed by atoms with E-state index in [1.807, 2.05) is 13.8 Å². The zero-order valence-corrected chi connectivity index (χ0v) is 26.2. The molecule has 242 valence electrons. The minimum Gasteiger partial charge on any atom is -0.489 e. The number of rotatable bonds is 11. The van der Waals surface area contributed by atoms with Crippen LogP contribution in [0.15, 0.2) is 65.6 Å². The molecule has 1 saturated heterocycles.